The molecule has 2 heterocycles. The van der Waals surface area contributed by atoms with Crippen molar-refractivity contribution in [3.63, 3.8) is 0 Å². The lowest BCUT2D eigenvalue weighted by atomic mass is 9.63. The fraction of sp³-hybridized carbons (Fsp3) is 0.318. The topological polar surface area (TPSA) is 63.7 Å². The highest BCUT2D eigenvalue weighted by atomic mass is 32.2. The van der Waals surface area contributed by atoms with Gasteiger partial charge in [-0.25, -0.2) is 13.2 Å². The van der Waals surface area contributed by atoms with E-state index in [0.29, 0.717) is 13.0 Å². The third-order valence-corrected chi connectivity index (χ3v) is 8.33. The van der Waals surface area contributed by atoms with Gasteiger partial charge in [0.1, 0.15) is 0 Å². The van der Waals surface area contributed by atoms with Gasteiger partial charge in [0.25, 0.3) is 0 Å². The van der Waals surface area contributed by atoms with Crippen LogP contribution in [0.1, 0.15) is 17.5 Å². The van der Waals surface area contributed by atoms with E-state index < -0.39 is 26.6 Å². The molecule has 2 unspecified atom stereocenters. The maximum Gasteiger partial charge on any atom is 0.414 e. The summed E-state index contributed by atoms with van der Waals surface area (Å²) >= 11 is 0. The van der Waals surface area contributed by atoms with Crippen LogP contribution in [0.15, 0.2) is 73.5 Å². The van der Waals surface area contributed by atoms with Gasteiger partial charge < -0.3 is 9.64 Å². The van der Waals surface area contributed by atoms with E-state index >= 15 is 0 Å². The standard InChI is InChI=1S/C22H23NO4S/c1-2-27-21(24)23-15-19-20(16-23)28(25,26)14-13-22(19,17-9-5-3-6-10-17)18-11-7-4-8-12-18/h2-12,19-20H,1,13-16H2. The number of fused-ring (bicyclic) bond motifs is 1. The summed E-state index contributed by atoms with van der Waals surface area (Å²) in [5.41, 5.74) is 1.71. The zero-order chi connectivity index (χ0) is 19.8. The molecule has 2 aromatic carbocycles. The largest absolute Gasteiger partial charge is 0.419 e. The third-order valence-electron chi connectivity index (χ3n) is 6.16. The number of sulfone groups is 1. The third kappa shape index (κ3) is 2.92. The smallest absolute Gasteiger partial charge is 0.414 e. The van der Waals surface area contributed by atoms with Crippen LogP contribution in [0.3, 0.4) is 0 Å². The van der Waals surface area contributed by atoms with Gasteiger partial charge in [0.2, 0.25) is 0 Å². The van der Waals surface area contributed by atoms with E-state index in [4.69, 9.17) is 4.74 Å². The molecule has 28 heavy (non-hydrogen) atoms. The van der Waals surface area contributed by atoms with Gasteiger partial charge in [-0.3, -0.25) is 0 Å². The lowest BCUT2D eigenvalue weighted by molar-refractivity contribution is 0.143. The first-order valence-corrected chi connectivity index (χ1v) is 11.1. The maximum atomic E-state index is 12.9. The van der Waals surface area contributed by atoms with Crippen molar-refractivity contribution in [2.45, 2.75) is 17.1 Å². The van der Waals surface area contributed by atoms with Crippen LogP contribution in [-0.2, 0) is 20.0 Å². The highest BCUT2D eigenvalue weighted by Crippen LogP contribution is 2.51. The molecule has 0 saturated carbocycles. The van der Waals surface area contributed by atoms with Gasteiger partial charge in [0.05, 0.1) is 17.3 Å². The van der Waals surface area contributed by atoms with Crippen LogP contribution in [0.5, 0.6) is 0 Å². The Morgan fingerprint density at radius 3 is 2.14 bits per heavy atom. The van der Waals surface area contributed by atoms with Crippen molar-refractivity contribution in [2.75, 3.05) is 18.8 Å². The van der Waals surface area contributed by atoms with Gasteiger partial charge in [-0.15, -0.1) is 0 Å². The van der Waals surface area contributed by atoms with Crippen molar-refractivity contribution in [3.05, 3.63) is 84.6 Å². The van der Waals surface area contributed by atoms with Crippen molar-refractivity contribution in [2.24, 2.45) is 5.92 Å². The number of ether oxygens (including phenoxy) is 1. The summed E-state index contributed by atoms with van der Waals surface area (Å²) in [6.07, 6.45) is 1.03. The summed E-state index contributed by atoms with van der Waals surface area (Å²) in [5, 5.41) is -0.612. The number of nitrogens with zero attached hydrogens (tertiary/aromatic N) is 1. The van der Waals surface area contributed by atoms with Gasteiger partial charge in [-0.2, -0.15) is 0 Å². The minimum absolute atomic E-state index is 0.0995. The summed E-state index contributed by atoms with van der Waals surface area (Å²) in [5.74, 6) is -0.143. The molecule has 0 N–H and O–H groups in total. The van der Waals surface area contributed by atoms with E-state index in [-0.39, 0.29) is 18.2 Å². The summed E-state index contributed by atoms with van der Waals surface area (Å²) in [6.45, 7) is 3.91. The summed E-state index contributed by atoms with van der Waals surface area (Å²) < 4.78 is 30.8. The molecule has 0 aromatic heterocycles. The zero-order valence-electron chi connectivity index (χ0n) is 15.5. The van der Waals surface area contributed by atoms with Gasteiger partial charge >= 0.3 is 6.09 Å². The Labute approximate surface area is 165 Å². The summed E-state index contributed by atoms with van der Waals surface area (Å²) in [7, 11) is -3.30. The number of rotatable bonds is 3. The fourth-order valence-electron chi connectivity index (χ4n) is 4.90. The van der Waals surface area contributed by atoms with Crippen molar-refractivity contribution in [1.82, 2.24) is 4.90 Å². The molecule has 2 atom stereocenters. The zero-order valence-corrected chi connectivity index (χ0v) is 16.3. The van der Waals surface area contributed by atoms with Crippen LogP contribution < -0.4 is 0 Å². The van der Waals surface area contributed by atoms with E-state index in [9.17, 15) is 13.2 Å². The molecule has 2 fully saturated rings. The minimum Gasteiger partial charge on any atom is -0.419 e. The van der Waals surface area contributed by atoms with Crippen molar-refractivity contribution in [1.29, 1.82) is 0 Å². The first-order chi connectivity index (χ1) is 13.5. The quantitative estimate of drug-likeness (QED) is 0.745. The highest BCUT2D eigenvalue weighted by molar-refractivity contribution is 7.92. The van der Waals surface area contributed by atoms with Crippen LogP contribution in [0, 0.1) is 5.92 Å². The van der Waals surface area contributed by atoms with Crippen LogP contribution in [-0.4, -0.2) is 43.5 Å². The number of carbonyl (C=O) groups is 1. The van der Waals surface area contributed by atoms with Crippen LogP contribution in [0.25, 0.3) is 0 Å². The first kappa shape index (κ1) is 18.7. The molecule has 1 amide bonds. The molecule has 0 radical (unpaired) electrons. The molecule has 4 rings (SSSR count). The molecule has 6 heteroatoms. The van der Waals surface area contributed by atoms with E-state index in [1.54, 1.807) is 0 Å². The number of hydrogen-bond donors (Lipinski definition) is 0. The Kier molecular flexibility index (Phi) is 4.75. The normalized spacial score (nSPS) is 24.9. The number of carbonyl (C=O) groups excluding carboxylic acids is 1. The second kappa shape index (κ2) is 7.09. The molecule has 2 aliphatic rings. The number of likely N-dealkylation sites (tertiary alicyclic amines) is 1. The van der Waals surface area contributed by atoms with Crippen LogP contribution in [0.4, 0.5) is 4.79 Å². The van der Waals surface area contributed by atoms with Crippen molar-refractivity contribution in [3.8, 4) is 0 Å². The van der Waals surface area contributed by atoms with E-state index in [2.05, 4.69) is 30.8 Å². The number of hydrogen-bond acceptors (Lipinski definition) is 4. The molecular weight excluding hydrogens is 374 g/mol. The van der Waals surface area contributed by atoms with Gasteiger partial charge in [-0.1, -0.05) is 67.2 Å². The molecule has 0 bridgehead atoms. The number of benzene rings is 2. The summed E-state index contributed by atoms with van der Waals surface area (Å²) in [6, 6.07) is 20.1. The second-order valence-corrected chi connectivity index (χ2v) is 9.76. The molecule has 2 aromatic rings. The van der Waals surface area contributed by atoms with Gasteiger partial charge in [0.15, 0.2) is 9.84 Å². The molecule has 0 spiro atoms. The molecule has 5 nitrogen and oxygen atoms in total. The SMILES string of the molecule is C=COC(=O)N1CC2C(C1)S(=O)(=O)CCC2(c1ccccc1)c1ccccc1. The van der Waals surface area contributed by atoms with Gasteiger partial charge in [0, 0.05) is 24.4 Å². The van der Waals surface area contributed by atoms with Crippen LogP contribution >= 0.6 is 0 Å². The predicted molar refractivity (Wildman–Crippen MR) is 108 cm³/mol. The lowest BCUT2D eigenvalue weighted by Gasteiger charge is -2.45. The van der Waals surface area contributed by atoms with Gasteiger partial charge in [-0.05, 0) is 17.5 Å². The Morgan fingerprint density at radius 1 is 1.04 bits per heavy atom. The number of amides is 1. The Balaban J connectivity index is 1.87. The predicted octanol–water partition coefficient (Wildman–Crippen LogP) is 3.37. The fourth-order valence-corrected chi connectivity index (χ4v) is 7.04. The highest BCUT2D eigenvalue weighted by Gasteiger charge is 2.57. The Morgan fingerprint density at radius 2 is 1.61 bits per heavy atom. The average Bonchev–Trinajstić information content (AvgIpc) is 3.18. The Bertz CT molecular complexity index is 933. The molecule has 2 saturated heterocycles. The average molecular weight is 397 g/mol. The summed E-state index contributed by atoms with van der Waals surface area (Å²) in [4.78, 5) is 13.8. The monoisotopic (exact) mass is 397 g/mol. The minimum atomic E-state index is -3.30. The molecule has 146 valence electrons. The van der Waals surface area contributed by atoms with Crippen molar-refractivity contribution < 1.29 is 17.9 Å². The van der Waals surface area contributed by atoms with E-state index in [1.165, 1.54) is 4.90 Å². The Hall–Kier alpha value is -2.60. The molecule has 2 aliphatic heterocycles. The van der Waals surface area contributed by atoms with Crippen molar-refractivity contribution >= 4 is 15.9 Å². The molecular formula is C22H23NO4S. The van der Waals surface area contributed by atoms with E-state index in [1.807, 2.05) is 36.4 Å². The van der Waals surface area contributed by atoms with Crippen LogP contribution in [0.2, 0.25) is 0 Å². The lowest BCUT2D eigenvalue weighted by Crippen LogP contribution is -2.51. The maximum absolute atomic E-state index is 12.9. The van der Waals surface area contributed by atoms with E-state index in [0.717, 1.165) is 17.4 Å². The molecule has 0 aliphatic carbocycles. The first-order valence-electron chi connectivity index (χ1n) is 9.38. The second-order valence-electron chi connectivity index (χ2n) is 7.42.